The van der Waals surface area contributed by atoms with Gasteiger partial charge in [0.1, 0.15) is 0 Å². The molecular weight excluding hydrogens is 226 g/mol. The molecule has 0 aliphatic heterocycles. The maximum Gasteiger partial charge on any atom is 0.188 e. The third kappa shape index (κ3) is 6.93. The zero-order valence-corrected chi connectivity index (χ0v) is 11.3. The van der Waals surface area contributed by atoms with Crippen LogP contribution in [0.1, 0.15) is 39.0 Å². The van der Waals surface area contributed by atoms with Gasteiger partial charge in [0.25, 0.3) is 0 Å². The molecule has 0 aliphatic carbocycles. The SMILES string of the molecule is CCCCCCNC(N)=NCCCn1ccnc1. The Labute approximate surface area is 110 Å². The van der Waals surface area contributed by atoms with Crippen molar-refractivity contribution in [2.45, 2.75) is 45.6 Å². The normalized spacial score (nSPS) is 11.7. The van der Waals surface area contributed by atoms with Crippen molar-refractivity contribution in [1.29, 1.82) is 0 Å². The predicted molar refractivity (Wildman–Crippen MR) is 75.5 cm³/mol. The lowest BCUT2D eigenvalue weighted by Gasteiger charge is -2.05. The Hall–Kier alpha value is -1.52. The highest BCUT2D eigenvalue weighted by molar-refractivity contribution is 5.77. The fourth-order valence-corrected chi connectivity index (χ4v) is 1.70. The number of imidazole rings is 1. The fraction of sp³-hybridized carbons (Fsp3) is 0.692. The fourth-order valence-electron chi connectivity index (χ4n) is 1.70. The van der Waals surface area contributed by atoms with Gasteiger partial charge in [-0.25, -0.2) is 4.98 Å². The first-order valence-electron chi connectivity index (χ1n) is 6.82. The van der Waals surface area contributed by atoms with Gasteiger partial charge in [-0.15, -0.1) is 0 Å². The van der Waals surface area contributed by atoms with E-state index < -0.39 is 0 Å². The summed E-state index contributed by atoms with van der Waals surface area (Å²) >= 11 is 0. The molecule has 5 nitrogen and oxygen atoms in total. The molecule has 3 N–H and O–H groups in total. The summed E-state index contributed by atoms with van der Waals surface area (Å²) in [5.74, 6) is 0.567. The molecule has 1 rings (SSSR count). The molecule has 0 unspecified atom stereocenters. The quantitative estimate of drug-likeness (QED) is 0.399. The number of rotatable bonds is 9. The highest BCUT2D eigenvalue weighted by atomic mass is 15.1. The van der Waals surface area contributed by atoms with Gasteiger partial charge in [0.2, 0.25) is 0 Å². The van der Waals surface area contributed by atoms with E-state index >= 15 is 0 Å². The number of aromatic nitrogens is 2. The average molecular weight is 251 g/mol. The molecule has 5 heteroatoms. The number of aliphatic imine (C=N–C) groups is 1. The van der Waals surface area contributed by atoms with Gasteiger partial charge in [-0.05, 0) is 12.8 Å². The molecule has 0 saturated carbocycles. The lowest BCUT2D eigenvalue weighted by Crippen LogP contribution is -2.32. The molecule has 1 aromatic heterocycles. The van der Waals surface area contributed by atoms with Crippen LogP contribution in [0.3, 0.4) is 0 Å². The molecule has 0 amide bonds. The van der Waals surface area contributed by atoms with Gasteiger partial charge in [0, 0.05) is 32.0 Å². The summed E-state index contributed by atoms with van der Waals surface area (Å²) in [7, 11) is 0. The van der Waals surface area contributed by atoms with E-state index in [0.29, 0.717) is 5.96 Å². The van der Waals surface area contributed by atoms with Crippen LogP contribution in [0.4, 0.5) is 0 Å². The minimum Gasteiger partial charge on any atom is -0.370 e. The minimum absolute atomic E-state index is 0.567. The topological polar surface area (TPSA) is 68.2 Å². The number of unbranched alkanes of at least 4 members (excludes halogenated alkanes) is 3. The van der Waals surface area contributed by atoms with E-state index in [-0.39, 0.29) is 0 Å². The van der Waals surface area contributed by atoms with Crippen LogP contribution in [-0.4, -0.2) is 28.6 Å². The van der Waals surface area contributed by atoms with Crippen LogP contribution >= 0.6 is 0 Å². The Morgan fingerprint density at radius 3 is 2.94 bits per heavy atom. The molecule has 0 aromatic carbocycles. The molecule has 0 fully saturated rings. The Morgan fingerprint density at radius 2 is 2.22 bits per heavy atom. The molecular formula is C13H25N5. The van der Waals surface area contributed by atoms with Crippen LogP contribution in [0.2, 0.25) is 0 Å². The van der Waals surface area contributed by atoms with E-state index in [2.05, 4.69) is 22.2 Å². The molecule has 18 heavy (non-hydrogen) atoms. The second-order valence-corrected chi connectivity index (χ2v) is 4.41. The standard InChI is InChI=1S/C13H25N5/c1-2-3-4-5-7-16-13(14)17-8-6-10-18-11-9-15-12-18/h9,11-12H,2-8,10H2,1H3,(H3,14,16,17). The number of nitrogens with zero attached hydrogens (tertiary/aromatic N) is 3. The van der Waals surface area contributed by atoms with Gasteiger partial charge in [0.15, 0.2) is 5.96 Å². The summed E-state index contributed by atoms with van der Waals surface area (Å²) < 4.78 is 2.05. The highest BCUT2D eigenvalue weighted by Gasteiger charge is 1.93. The Bertz CT molecular complexity index is 318. The number of nitrogens with one attached hydrogen (secondary N) is 1. The minimum atomic E-state index is 0.567. The first-order valence-corrected chi connectivity index (χ1v) is 6.82. The van der Waals surface area contributed by atoms with E-state index in [4.69, 9.17) is 5.73 Å². The zero-order valence-electron chi connectivity index (χ0n) is 11.3. The van der Waals surface area contributed by atoms with Crippen molar-refractivity contribution < 1.29 is 0 Å². The summed E-state index contributed by atoms with van der Waals surface area (Å²) in [4.78, 5) is 8.28. The maximum absolute atomic E-state index is 5.77. The Morgan fingerprint density at radius 1 is 1.33 bits per heavy atom. The first-order chi connectivity index (χ1) is 8.83. The summed E-state index contributed by atoms with van der Waals surface area (Å²) in [6, 6.07) is 0. The summed E-state index contributed by atoms with van der Waals surface area (Å²) in [6.07, 6.45) is 11.5. The van der Waals surface area contributed by atoms with Crippen molar-refractivity contribution >= 4 is 5.96 Å². The Balaban J connectivity index is 1.99. The van der Waals surface area contributed by atoms with Crippen LogP contribution < -0.4 is 11.1 Å². The molecule has 102 valence electrons. The molecule has 1 heterocycles. The van der Waals surface area contributed by atoms with Crippen molar-refractivity contribution in [3.8, 4) is 0 Å². The van der Waals surface area contributed by atoms with Gasteiger partial charge < -0.3 is 15.6 Å². The lowest BCUT2D eigenvalue weighted by molar-refractivity contribution is 0.641. The first kappa shape index (κ1) is 14.5. The van der Waals surface area contributed by atoms with Crippen molar-refractivity contribution in [3.63, 3.8) is 0 Å². The molecule has 1 aromatic rings. The van der Waals surface area contributed by atoms with Gasteiger partial charge >= 0.3 is 0 Å². The van der Waals surface area contributed by atoms with E-state index in [0.717, 1.165) is 26.1 Å². The molecule has 0 spiro atoms. The van der Waals surface area contributed by atoms with E-state index in [1.54, 1.807) is 6.20 Å². The number of hydrogen-bond acceptors (Lipinski definition) is 2. The van der Waals surface area contributed by atoms with Crippen molar-refractivity contribution in [2.24, 2.45) is 10.7 Å². The summed E-state index contributed by atoms with van der Waals surface area (Å²) in [5, 5.41) is 3.14. The van der Waals surface area contributed by atoms with Gasteiger partial charge in [-0.3, -0.25) is 4.99 Å². The molecule has 0 aliphatic rings. The number of hydrogen-bond donors (Lipinski definition) is 2. The predicted octanol–water partition coefficient (Wildman–Crippen LogP) is 1.76. The van der Waals surface area contributed by atoms with Crippen molar-refractivity contribution in [1.82, 2.24) is 14.9 Å². The number of nitrogens with two attached hydrogens (primary N) is 1. The van der Waals surface area contributed by atoms with E-state index in [1.165, 1.54) is 25.7 Å². The Kier molecular flexibility index (Phi) is 7.68. The molecule has 0 atom stereocenters. The third-order valence-electron chi connectivity index (χ3n) is 2.75. The molecule has 0 saturated heterocycles. The van der Waals surface area contributed by atoms with E-state index in [9.17, 15) is 0 Å². The van der Waals surface area contributed by atoms with Gasteiger partial charge in [0.05, 0.1) is 6.33 Å². The van der Waals surface area contributed by atoms with Gasteiger partial charge in [-0.1, -0.05) is 26.2 Å². The summed E-state index contributed by atoms with van der Waals surface area (Å²) in [6.45, 7) is 4.83. The zero-order chi connectivity index (χ0) is 13.1. The molecule has 0 bridgehead atoms. The van der Waals surface area contributed by atoms with Crippen LogP contribution in [-0.2, 0) is 6.54 Å². The summed E-state index contributed by atoms with van der Waals surface area (Å²) in [5.41, 5.74) is 5.77. The number of guanidine groups is 1. The van der Waals surface area contributed by atoms with Gasteiger partial charge in [-0.2, -0.15) is 0 Å². The van der Waals surface area contributed by atoms with Crippen LogP contribution in [0.15, 0.2) is 23.7 Å². The van der Waals surface area contributed by atoms with Crippen LogP contribution in [0.5, 0.6) is 0 Å². The molecule has 0 radical (unpaired) electrons. The largest absolute Gasteiger partial charge is 0.370 e. The smallest absolute Gasteiger partial charge is 0.188 e. The second-order valence-electron chi connectivity index (χ2n) is 4.41. The average Bonchev–Trinajstić information content (AvgIpc) is 2.87. The maximum atomic E-state index is 5.77. The van der Waals surface area contributed by atoms with Crippen molar-refractivity contribution in [2.75, 3.05) is 13.1 Å². The monoisotopic (exact) mass is 251 g/mol. The lowest BCUT2D eigenvalue weighted by atomic mass is 10.2. The van der Waals surface area contributed by atoms with E-state index in [1.807, 2.05) is 17.1 Å². The van der Waals surface area contributed by atoms with Crippen LogP contribution in [0, 0.1) is 0 Å². The highest BCUT2D eigenvalue weighted by Crippen LogP contribution is 1.96. The third-order valence-corrected chi connectivity index (χ3v) is 2.75. The van der Waals surface area contributed by atoms with Crippen LogP contribution in [0.25, 0.3) is 0 Å². The van der Waals surface area contributed by atoms with Crippen molar-refractivity contribution in [3.05, 3.63) is 18.7 Å². The second kappa shape index (κ2) is 9.50. The number of aryl methyl sites for hydroxylation is 1.